The average Bonchev–Trinajstić information content (AvgIpc) is 3.28. The smallest absolute Gasteiger partial charge is 0.243 e. The maximum absolute atomic E-state index is 11.7. The van der Waals surface area contributed by atoms with Gasteiger partial charge in [-0.05, 0) is 54.9 Å². The van der Waals surface area contributed by atoms with E-state index in [1.807, 2.05) is 0 Å². The topological polar surface area (TPSA) is 38.3 Å². The molecule has 5 unspecified atom stereocenters. The lowest BCUT2D eigenvalue weighted by Crippen LogP contribution is -2.29. The zero-order valence-corrected chi connectivity index (χ0v) is 12.4. The van der Waals surface area contributed by atoms with Crippen LogP contribution in [-0.4, -0.2) is 26.2 Å². The summed E-state index contributed by atoms with van der Waals surface area (Å²) in [7, 11) is 1.70. The summed E-state index contributed by atoms with van der Waals surface area (Å²) in [5, 5.41) is 2.96. The lowest BCUT2D eigenvalue weighted by molar-refractivity contribution is -0.116. The van der Waals surface area contributed by atoms with Gasteiger partial charge in [-0.3, -0.25) is 4.79 Å². The van der Waals surface area contributed by atoms with Gasteiger partial charge in [0.25, 0.3) is 0 Å². The number of rotatable bonds is 8. The fourth-order valence-electron chi connectivity index (χ4n) is 2.97. The molecule has 1 N–H and O–H groups in total. The zero-order chi connectivity index (χ0) is 13.8. The Bertz CT molecular complexity index is 345. The molecule has 0 spiro atoms. The molecule has 0 bridgehead atoms. The molecule has 0 aromatic rings. The number of amides is 1. The third kappa shape index (κ3) is 4.34. The number of hydrogen-bond acceptors (Lipinski definition) is 2. The molecular weight excluding hydrogens is 238 g/mol. The minimum atomic E-state index is 0. The largest absolute Gasteiger partial charge is 0.384 e. The first kappa shape index (κ1) is 14.6. The van der Waals surface area contributed by atoms with Crippen LogP contribution < -0.4 is 5.32 Å². The Balaban J connectivity index is 0.00000200. The Kier molecular flexibility index (Phi) is 5.03. The minimum Gasteiger partial charge on any atom is -0.384 e. The molecule has 0 aliphatic heterocycles. The van der Waals surface area contributed by atoms with Crippen LogP contribution in [0.3, 0.4) is 0 Å². The number of ether oxygens (including phenoxy) is 1. The highest BCUT2D eigenvalue weighted by molar-refractivity contribution is 5.87. The van der Waals surface area contributed by atoms with Crippen molar-refractivity contribution in [2.75, 3.05) is 20.3 Å². The highest BCUT2D eigenvalue weighted by atomic mass is 16.5. The molecule has 0 aromatic heterocycles. The first-order valence-electron chi connectivity index (χ1n) is 7.60. The van der Waals surface area contributed by atoms with Crippen molar-refractivity contribution in [3.05, 3.63) is 12.2 Å². The van der Waals surface area contributed by atoms with Crippen molar-refractivity contribution in [1.29, 1.82) is 0 Å². The first-order valence-corrected chi connectivity index (χ1v) is 7.60. The fourth-order valence-corrected chi connectivity index (χ4v) is 2.97. The van der Waals surface area contributed by atoms with Crippen molar-refractivity contribution in [2.45, 2.75) is 33.1 Å². The van der Waals surface area contributed by atoms with Crippen molar-refractivity contribution in [3.8, 4) is 0 Å². The van der Waals surface area contributed by atoms with E-state index in [0.29, 0.717) is 25.0 Å². The second-order valence-corrected chi connectivity index (χ2v) is 6.27. The SMILES string of the molecule is CCC(CNC(=O)/C=C/C1CC1C1CC1C)COC.[HH]. The van der Waals surface area contributed by atoms with Crippen LogP contribution in [0.1, 0.15) is 34.5 Å². The number of nitrogens with one attached hydrogen (secondary N) is 1. The Morgan fingerprint density at radius 2 is 2.21 bits per heavy atom. The zero-order valence-electron chi connectivity index (χ0n) is 12.4. The molecule has 3 nitrogen and oxygen atoms in total. The average molecular weight is 267 g/mol. The van der Waals surface area contributed by atoms with E-state index >= 15 is 0 Å². The van der Waals surface area contributed by atoms with Gasteiger partial charge in [0.15, 0.2) is 0 Å². The summed E-state index contributed by atoms with van der Waals surface area (Å²) in [4.78, 5) is 11.7. The maximum atomic E-state index is 11.7. The van der Waals surface area contributed by atoms with Crippen LogP contribution in [0, 0.1) is 29.6 Å². The summed E-state index contributed by atoms with van der Waals surface area (Å²) >= 11 is 0. The fraction of sp³-hybridized carbons (Fsp3) is 0.812. The molecule has 0 radical (unpaired) electrons. The summed E-state index contributed by atoms with van der Waals surface area (Å²) in [5.41, 5.74) is 0. The lowest BCUT2D eigenvalue weighted by atomic mass is 10.1. The Morgan fingerprint density at radius 1 is 1.47 bits per heavy atom. The van der Waals surface area contributed by atoms with Gasteiger partial charge in [-0.1, -0.05) is 19.9 Å². The van der Waals surface area contributed by atoms with Gasteiger partial charge in [0, 0.05) is 15.1 Å². The van der Waals surface area contributed by atoms with Gasteiger partial charge in [-0.25, -0.2) is 0 Å². The van der Waals surface area contributed by atoms with Crippen molar-refractivity contribution in [3.63, 3.8) is 0 Å². The van der Waals surface area contributed by atoms with Crippen LogP contribution in [0.4, 0.5) is 0 Å². The Labute approximate surface area is 118 Å². The molecule has 2 saturated carbocycles. The molecule has 2 rings (SSSR count). The number of hydrogen-bond donors (Lipinski definition) is 1. The summed E-state index contributed by atoms with van der Waals surface area (Å²) in [6.07, 6.45) is 7.57. The molecule has 3 heteroatoms. The molecule has 5 atom stereocenters. The molecule has 0 aromatic carbocycles. The van der Waals surface area contributed by atoms with Crippen LogP contribution in [0.15, 0.2) is 12.2 Å². The number of allylic oxidation sites excluding steroid dienone is 1. The van der Waals surface area contributed by atoms with Crippen molar-refractivity contribution < 1.29 is 11.0 Å². The minimum absolute atomic E-state index is 0. The monoisotopic (exact) mass is 267 g/mol. The molecule has 110 valence electrons. The quantitative estimate of drug-likeness (QED) is 0.687. The van der Waals surface area contributed by atoms with Gasteiger partial charge in [-0.2, -0.15) is 0 Å². The molecule has 2 aliphatic rings. The van der Waals surface area contributed by atoms with Crippen molar-refractivity contribution in [1.82, 2.24) is 5.32 Å². The Hall–Kier alpha value is -0.830. The van der Waals surface area contributed by atoms with Crippen LogP contribution in [0.25, 0.3) is 0 Å². The lowest BCUT2D eigenvalue weighted by Gasteiger charge is -2.13. The predicted octanol–water partition coefficient (Wildman–Crippen LogP) is 2.87. The third-order valence-corrected chi connectivity index (χ3v) is 4.65. The van der Waals surface area contributed by atoms with E-state index in [0.717, 1.165) is 24.2 Å². The summed E-state index contributed by atoms with van der Waals surface area (Å²) in [5.74, 6) is 3.88. The molecule has 0 heterocycles. The predicted molar refractivity (Wildman–Crippen MR) is 78.8 cm³/mol. The van der Waals surface area contributed by atoms with Crippen LogP contribution in [-0.2, 0) is 9.53 Å². The van der Waals surface area contributed by atoms with Gasteiger partial charge < -0.3 is 10.1 Å². The van der Waals surface area contributed by atoms with Gasteiger partial charge in [0.05, 0.1) is 6.61 Å². The van der Waals surface area contributed by atoms with Gasteiger partial charge in [-0.15, -0.1) is 0 Å². The first-order chi connectivity index (χ1) is 9.15. The standard InChI is InChI=1S/C16H27NO2.H2/c1-4-12(10-19-3)9-17-16(18)6-5-13-8-15(13)14-7-11(14)2;/h5-6,11-15H,4,7-10H2,1-3H3,(H,17,18);1H/b6-5+;. The summed E-state index contributed by atoms with van der Waals surface area (Å²) in [6.45, 7) is 5.88. The van der Waals surface area contributed by atoms with E-state index < -0.39 is 0 Å². The van der Waals surface area contributed by atoms with E-state index in [1.165, 1.54) is 12.8 Å². The van der Waals surface area contributed by atoms with Crippen molar-refractivity contribution in [2.24, 2.45) is 29.6 Å². The number of carbonyl (C=O) groups excluding carboxylic acids is 1. The normalized spacial score (nSPS) is 34.3. The van der Waals surface area contributed by atoms with E-state index in [9.17, 15) is 4.79 Å². The van der Waals surface area contributed by atoms with E-state index in [4.69, 9.17) is 4.74 Å². The van der Waals surface area contributed by atoms with E-state index in [-0.39, 0.29) is 7.33 Å². The van der Waals surface area contributed by atoms with Gasteiger partial charge >= 0.3 is 0 Å². The van der Waals surface area contributed by atoms with Crippen LogP contribution in [0.5, 0.6) is 0 Å². The molecule has 19 heavy (non-hydrogen) atoms. The second-order valence-electron chi connectivity index (χ2n) is 6.27. The molecular formula is C16H29NO2. The highest BCUT2D eigenvalue weighted by Crippen LogP contribution is 2.58. The molecule has 2 aliphatic carbocycles. The second kappa shape index (κ2) is 6.56. The Morgan fingerprint density at radius 3 is 2.79 bits per heavy atom. The number of carbonyl (C=O) groups is 1. The van der Waals surface area contributed by atoms with Crippen molar-refractivity contribution >= 4 is 5.91 Å². The van der Waals surface area contributed by atoms with Crippen LogP contribution in [0.2, 0.25) is 0 Å². The summed E-state index contributed by atoms with van der Waals surface area (Å²) < 4.78 is 5.12. The summed E-state index contributed by atoms with van der Waals surface area (Å²) in [6, 6.07) is 0. The maximum Gasteiger partial charge on any atom is 0.243 e. The van der Waals surface area contributed by atoms with Crippen LogP contribution >= 0.6 is 0 Å². The molecule has 1 amide bonds. The number of methoxy groups -OCH3 is 1. The van der Waals surface area contributed by atoms with E-state index in [2.05, 4.69) is 25.2 Å². The molecule has 2 fully saturated rings. The third-order valence-electron chi connectivity index (χ3n) is 4.65. The molecule has 0 saturated heterocycles. The van der Waals surface area contributed by atoms with E-state index in [1.54, 1.807) is 13.2 Å². The highest BCUT2D eigenvalue weighted by Gasteiger charge is 2.50. The van der Waals surface area contributed by atoms with Gasteiger partial charge in [0.1, 0.15) is 0 Å². The van der Waals surface area contributed by atoms with Gasteiger partial charge in [0.2, 0.25) is 5.91 Å².